The minimum atomic E-state index is -2.60. The number of hydrogen-bond donors (Lipinski definition) is 1. The quantitative estimate of drug-likeness (QED) is 0.756. The molecule has 0 fully saturated rings. The predicted octanol–water partition coefficient (Wildman–Crippen LogP) is 2.65. The molecule has 5 heteroatoms. The van der Waals surface area contributed by atoms with E-state index in [-0.39, 0.29) is 22.8 Å². The van der Waals surface area contributed by atoms with E-state index < -0.39 is 6.43 Å². The summed E-state index contributed by atoms with van der Waals surface area (Å²) in [5, 5.41) is 0. The highest BCUT2D eigenvalue weighted by atomic mass is 35.5. The van der Waals surface area contributed by atoms with Crippen molar-refractivity contribution < 1.29 is 8.78 Å². The largest absolute Gasteiger partial charge is 0.398 e. The number of aromatic nitrogens is 1. The molecular weight excluding hydrogens is 198 g/mol. The van der Waals surface area contributed by atoms with Crippen molar-refractivity contribution in [3.63, 3.8) is 0 Å². The van der Waals surface area contributed by atoms with Crippen molar-refractivity contribution in [1.82, 2.24) is 4.98 Å². The molecule has 72 valence electrons. The van der Waals surface area contributed by atoms with Crippen LogP contribution in [0.25, 0.3) is 0 Å². The molecule has 0 aliphatic rings. The highest BCUT2D eigenvalue weighted by molar-refractivity contribution is 6.17. The summed E-state index contributed by atoms with van der Waals surface area (Å²) in [7, 11) is 0. The molecule has 0 saturated heterocycles. The SMILES string of the molecule is Cc1ncc(CCl)c(N)c1C(F)F. The fraction of sp³-hybridized carbons (Fsp3) is 0.375. The van der Waals surface area contributed by atoms with E-state index in [4.69, 9.17) is 17.3 Å². The fourth-order valence-corrected chi connectivity index (χ4v) is 1.28. The lowest BCUT2D eigenvalue weighted by atomic mass is 10.1. The number of hydrogen-bond acceptors (Lipinski definition) is 2. The Morgan fingerprint density at radius 2 is 2.23 bits per heavy atom. The number of nitrogens with two attached hydrogens (primary N) is 1. The Bertz CT molecular complexity index is 315. The van der Waals surface area contributed by atoms with Crippen LogP contribution >= 0.6 is 11.6 Å². The van der Waals surface area contributed by atoms with Gasteiger partial charge >= 0.3 is 0 Å². The molecule has 0 spiro atoms. The van der Waals surface area contributed by atoms with E-state index in [1.165, 1.54) is 13.1 Å². The van der Waals surface area contributed by atoms with Crippen molar-refractivity contribution in [2.24, 2.45) is 0 Å². The number of rotatable bonds is 2. The number of nitrogen functional groups attached to an aromatic ring is 1. The normalized spacial score (nSPS) is 10.8. The molecule has 1 rings (SSSR count). The highest BCUT2D eigenvalue weighted by Crippen LogP contribution is 2.29. The van der Waals surface area contributed by atoms with E-state index in [9.17, 15) is 8.78 Å². The van der Waals surface area contributed by atoms with Gasteiger partial charge in [0.1, 0.15) is 0 Å². The Labute approximate surface area is 79.7 Å². The van der Waals surface area contributed by atoms with E-state index in [1.807, 2.05) is 0 Å². The van der Waals surface area contributed by atoms with Crippen LogP contribution in [0.2, 0.25) is 0 Å². The number of anilines is 1. The van der Waals surface area contributed by atoms with Crippen LogP contribution in [0.4, 0.5) is 14.5 Å². The second-order valence-electron chi connectivity index (χ2n) is 2.63. The van der Waals surface area contributed by atoms with Gasteiger partial charge in [-0.2, -0.15) is 0 Å². The Kier molecular flexibility index (Phi) is 3.03. The van der Waals surface area contributed by atoms with Gasteiger partial charge in [0.15, 0.2) is 0 Å². The zero-order chi connectivity index (χ0) is 10.0. The lowest BCUT2D eigenvalue weighted by Gasteiger charge is -2.10. The first-order valence-electron chi connectivity index (χ1n) is 3.66. The first-order valence-corrected chi connectivity index (χ1v) is 4.19. The molecule has 1 heterocycles. The monoisotopic (exact) mass is 206 g/mol. The minimum Gasteiger partial charge on any atom is -0.398 e. The standard InChI is InChI=1S/C8H9ClF2N2/c1-4-6(8(10)11)7(12)5(2-9)3-13-4/h3,8H,2H2,1H3,(H2,12,13). The zero-order valence-electron chi connectivity index (χ0n) is 7.02. The molecule has 0 aliphatic carbocycles. The lowest BCUT2D eigenvalue weighted by Crippen LogP contribution is -2.03. The molecule has 1 aromatic rings. The number of nitrogens with zero attached hydrogens (tertiary/aromatic N) is 1. The van der Waals surface area contributed by atoms with E-state index in [0.29, 0.717) is 5.56 Å². The maximum Gasteiger partial charge on any atom is 0.267 e. The summed E-state index contributed by atoms with van der Waals surface area (Å²) in [5.41, 5.74) is 6.03. The first kappa shape index (κ1) is 10.2. The highest BCUT2D eigenvalue weighted by Gasteiger charge is 2.17. The molecule has 0 aromatic carbocycles. The molecule has 0 amide bonds. The van der Waals surface area contributed by atoms with Crippen LogP contribution in [0.15, 0.2) is 6.20 Å². The summed E-state index contributed by atoms with van der Waals surface area (Å²) in [6.07, 6.45) is -1.18. The maximum atomic E-state index is 12.4. The Balaban J connectivity index is 3.30. The molecule has 1 aromatic heterocycles. The van der Waals surface area contributed by atoms with Gasteiger partial charge in [-0.25, -0.2) is 8.78 Å². The third kappa shape index (κ3) is 1.88. The van der Waals surface area contributed by atoms with Crippen molar-refractivity contribution in [3.8, 4) is 0 Å². The van der Waals surface area contributed by atoms with Crippen LogP contribution in [0.1, 0.15) is 23.2 Å². The van der Waals surface area contributed by atoms with Crippen LogP contribution in [0, 0.1) is 6.92 Å². The second-order valence-corrected chi connectivity index (χ2v) is 2.90. The van der Waals surface area contributed by atoms with Gasteiger partial charge in [0.05, 0.1) is 11.4 Å². The van der Waals surface area contributed by atoms with Gasteiger partial charge in [-0.3, -0.25) is 4.98 Å². The van der Waals surface area contributed by atoms with Crippen LogP contribution < -0.4 is 5.73 Å². The first-order chi connectivity index (χ1) is 6.07. The Hall–Kier alpha value is -0.900. The second kappa shape index (κ2) is 3.87. The molecule has 13 heavy (non-hydrogen) atoms. The summed E-state index contributed by atoms with van der Waals surface area (Å²) in [6.45, 7) is 1.50. The average molecular weight is 207 g/mol. The number of halogens is 3. The summed E-state index contributed by atoms with van der Waals surface area (Å²) in [5.74, 6) is 0.0961. The Morgan fingerprint density at radius 3 is 2.69 bits per heavy atom. The van der Waals surface area contributed by atoms with E-state index in [0.717, 1.165) is 0 Å². The lowest BCUT2D eigenvalue weighted by molar-refractivity contribution is 0.151. The van der Waals surface area contributed by atoms with Gasteiger partial charge < -0.3 is 5.73 Å². The van der Waals surface area contributed by atoms with Crippen LogP contribution in [-0.4, -0.2) is 4.98 Å². The van der Waals surface area contributed by atoms with Gasteiger partial charge in [-0.1, -0.05) is 0 Å². The number of pyridine rings is 1. The molecule has 0 unspecified atom stereocenters. The van der Waals surface area contributed by atoms with Crippen LogP contribution in [0.5, 0.6) is 0 Å². The van der Waals surface area contributed by atoms with Crippen molar-refractivity contribution in [1.29, 1.82) is 0 Å². The summed E-state index contributed by atoms with van der Waals surface area (Å²) in [4.78, 5) is 3.79. The van der Waals surface area contributed by atoms with Gasteiger partial charge in [0.25, 0.3) is 6.43 Å². The number of alkyl halides is 3. The fourth-order valence-electron chi connectivity index (χ4n) is 1.06. The summed E-state index contributed by atoms with van der Waals surface area (Å²) >= 11 is 5.50. The predicted molar refractivity (Wildman–Crippen MR) is 47.9 cm³/mol. The van der Waals surface area contributed by atoms with Gasteiger partial charge in [-0.15, -0.1) is 11.6 Å². The van der Waals surface area contributed by atoms with Crippen LogP contribution in [0.3, 0.4) is 0 Å². The molecule has 0 radical (unpaired) electrons. The molecule has 2 N–H and O–H groups in total. The van der Waals surface area contributed by atoms with Gasteiger partial charge in [0.2, 0.25) is 0 Å². The smallest absolute Gasteiger partial charge is 0.267 e. The minimum absolute atomic E-state index is 0.0532. The van der Waals surface area contributed by atoms with Crippen LogP contribution in [-0.2, 0) is 5.88 Å². The molecule has 2 nitrogen and oxygen atoms in total. The Morgan fingerprint density at radius 1 is 1.62 bits per heavy atom. The third-order valence-electron chi connectivity index (χ3n) is 1.80. The number of aryl methyl sites for hydroxylation is 1. The molecule has 0 aliphatic heterocycles. The zero-order valence-corrected chi connectivity index (χ0v) is 7.78. The van der Waals surface area contributed by atoms with Gasteiger partial charge in [-0.05, 0) is 6.92 Å². The van der Waals surface area contributed by atoms with Crippen molar-refractivity contribution in [3.05, 3.63) is 23.0 Å². The van der Waals surface area contributed by atoms with Crippen molar-refractivity contribution in [2.75, 3.05) is 5.73 Å². The van der Waals surface area contributed by atoms with Crippen molar-refractivity contribution >= 4 is 17.3 Å². The summed E-state index contributed by atoms with van der Waals surface area (Å²) < 4.78 is 24.9. The maximum absolute atomic E-state index is 12.4. The van der Waals surface area contributed by atoms with E-state index in [2.05, 4.69) is 4.98 Å². The molecular formula is C8H9ClF2N2. The third-order valence-corrected chi connectivity index (χ3v) is 2.09. The average Bonchev–Trinajstić information content (AvgIpc) is 2.04. The molecule has 0 saturated carbocycles. The summed E-state index contributed by atoms with van der Waals surface area (Å²) in [6, 6.07) is 0. The van der Waals surface area contributed by atoms with E-state index >= 15 is 0 Å². The molecule has 0 atom stereocenters. The van der Waals surface area contributed by atoms with Crippen molar-refractivity contribution in [2.45, 2.75) is 19.2 Å². The van der Waals surface area contributed by atoms with E-state index in [1.54, 1.807) is 0 Å². The molecule has 0 bridgehead atoms. The van der Waals surface area contributed by atoms with Gasteiger partial charge in [0, 0.05) is 23.1 Å². The topological polar surface area (TPSA) is 38.9 Å².